The van der Waals surface area contributed by atoms with Gasteiger partial charge in [0.25, 0.3) is 0 Å². The molecule has 0 aliphatic rings. The highest BCUT2D eigenvalue weighted by molar-refractivity contribution is 4.96. The molecule has 0 aromatic heterocycles. The van der Waals surface area contributed by atoms with E-state index in [-0.39, 0.29) is 29.7 Å². The first kappa shape index (κ1) is 52.7. The van der Waals surface area contributed by atoms with Crippen molar-refractivity contribution in [3.8, 4) is 0 Å². The molecule has 0 heterocycles. The lowest BCUT2D eigenvalue weighted by Crippen LogP contribution is -2.02. The maximum atomic E-state index is 3.83. The molecule has 1 atom stereocenters. The van der Waals surface area contributed by atoms with Crippen molar-refractivity contribution in [1.82, 2.24) is 0 Å². The van der Waals surface area contributed by atoms with Gasteiger partial charge in [-0.15, -0.1) is 6.58 Å². The van der Waals surface area contributed by atoms with E-state index in [1.54, 1.807) is 0 Å². The topological polar surface area (TPSA) is 0 Å². The average molecular weight is 457 g/mol. The van der Waals surface area contributed by atoms with Crippen LogP contribution in [0.25, 0.3) is 0 Å². The zero-order valence-electron chi connectivity index (χ0n) is 22.0. The first-order chi connectivity index (χ1) is 12.9. The molecule has 1 unspecified atom stereocenters. The summed E-state index contributed by atoms with van der Waals surface area (Å²) in [4.78, 5) is 0. The van der Waals surface area contributed by atoms with E-state index in [1.165, 1.54) is 55.2 Å². The number of hydrogen-bond donors (Lipinski definition) is 0. The standard InChI is InChI=1S/4C7H14.4CH4/c1-5-7(3,4)6-2;1-5-7(4)6(2)3;2*1-4-6-7(3)5-2;;;;/h5H,1,6H2,2-4H3;7H,2,5H2,1,3-4H3;2*6H,4-5H2,1-3H3;4*1H4/b;;7-6+;7-6-;;;;. The maximum absolute atomic E-state index is 3.83. The van der Waals surface area contributed by atoms with E-state index in [1.807, 2.05) is 6.08 Å². The fourth-order valence-corrected chi connectivity index (χ4v) is 1.48. The Morgan fingerprint density at radius 1 is 0.750 bits per heavy atom. The van der Waals surface area contributed by atoms with Crippen LogP contribution in [0.2, 0.25) is 0 Å². The lowest BCUT2D eigenvalue weighted by atomic mass is 9.91. The van der Waals surface area contributed by atoms with E-state index >= 15 is 0 Å². The van der Waals surface area contributed by atoms with Crippen LogP contribution in [-0.4, -0.2) is 0 Å². The highest BCUT2D eigenvalue weighted by atomic mass is 14.1. The van der Waals surface area contributed by atoms with E-state index in [0.29, 0.717) is 11.3 Å². The molecule has 0 saturated carbocycles. The molecule has 0 aromatic carbocycles. The van der Waals surface area contributed by atoms with Crippen LogP contribution in [0.15, 0.2) is 48.1 Å². The summed E-state index contributed by atoms with van der Waals surface area (Å²) < 4.78 is 0. The normalized spacial score (nSPS) is 10.8. The lowest BCUT2D eigenvalue weighted by molar-refractivity contribution is 0.463. The average Bonchev–Trinajstić information content (AvgIpc) is 2.68. The van der Waals surface area contributed by atoms with E-state index < -0.39 is 0 Å². The van der Waals surface area contributed by atoms with Gasteiger partial charge in [0, 0.05) is 0 Å². The molecule has 0 radical (unpaired) electrons. The fraction of sp³-hybridized carbons (Fsp3) is 0.750. The Morgan fingerprint density at radius 2 is 1.06 bits per heavy atom. The van der Waals surface area contributed by atoms with Gasteiger partial charge in [-0.05, 0) is 70.6 Å². The first-order valence-electron chi connectivity index (χ1n) is 11.5. The fourth-order valence-electron chi connectivity index (χ4n) is 1.48. The van der Waals surface area contributed by atoms with E-state index in [9.17, 15) is 0 Å². The van der Waals surface area contributed by atoms with Crippen molar-refractivity contribution in [2.75, 3.05) is 0 Å². The van der Waals surface area contributed by atoms with Crippen molar-refractivity contribution in [1.29, 1.82) is 0 Å². The molecule has 0 aromatic rings. The third-order valence-corrected chi connectivity index (χ3v) is 5.14. The molecule has 0 nitrogen and oxygen atoms in total. The molecule has 0 fully saturated rings. The van der Waals surface area contributed by atoms with Gasteiger partial charge in [0.2, 0.25) is 0 Å². The zero-order valence-corrected chi connectivity index (χ0v) is 22.0. The number of allylic oxidation sites excluding steroid dienone is 6. The smallest absolute Gasteiger partial charge is 0.0180 e. The summed E-state index contributed by atoms with van der Waals surface area (Å²) in [5, 5.41) is 0. The van der Waals surface area contributed by atoms with E-state index in [4.69, 9.17) is 0 Å². The Bertz CT molecular complexity index is 384. The zero-order chi connectivity index (χ0) is 23.2. The predicted molar refractivity (Wildman–Crippen MR) is 164 cm³/mol. The highest BCUT2D eigenvalue weighted by Crippen LogP contribution is 2.19. The summed E-state index contributed by atoms with van der Waals surface area (Å²) in [7, 11) is 0. The summed E-state index contributed by atoms with van der Waals surface area (Å²) in [5.41, 5.74) is 4.65. The second kappa shape index (κ2) is 37.3. The molecule has 0 rings (SSSR count). The number of rotatable bonds is 8. The molecule has 0 heteroatoms. The summed E-state index contributed by atoms with van der Waals surface area (Å²) in [6.07, 6.45) is 13.7. The Hall–Kier alpha value is -1.04. The lowest BCUT2D eigenvalue weighted by Gasteiger charge is -2.14. The molecule has 0 aliphatic carbocycles. The summed E-state index contributed by atoms with van der Waals surface area (Å²) in [6, 6.07) is 0. The maximum Gasteiger partial charge on any atom is -0.0180 e. The number of hydrogen-bond acceptors (Lipinski definition) is 0. The van der Waals surface area contributed by atoms with Crippen LogP contribution in [0.3, 0.4) is 0 Å². The van der Waals surface area contributed by atoms with E-state index in [0.717, 1.165) is 0 Å². The van der Waals surface area contributed by atoms with Crippen molar-refractivity contribution >= 4 is 0 Å². The van der Waals surface area contributed by atoms with E-state index in [2.05, 4.69) is 108 Å². The summed E-state index contributed by atoms with van der Waals surface area (Å²) in [5.74, 6) is 0.708. The third kappa shape index (κ3) is 51.5. The molecular weight excluding hydrogens is 384 g/mol. The monoisotopic (exact) mass is 457 g/mol. The van der Waals surface area contributed by atoms with Crippen LogP contribution in [0.4, 0.5) is 0 Å². The van der Waals surface area contributed by atoms with Gasteiger partial charge in [0.1, 0.15) is 0 Å². The van der Waals surface area contributed by atoms with Gasteiger partial charge in [-0.25, -0.2) is 0 Å². The molecule has 0 N–H and O–H groups in total. The molecule has 32 heavy (non-hydrogen) atoms. The molecule has 0 saturated heterocycles. The van der Waals surface area contributed by atoms with Gasteiger partial charge < -0.3 is 0 Å². The predicted octanol–water partition coefficient (Wildman–Crippen LogP) is 13.3. The van der Waals surface area contributed by atoms with Crippen LogP contribution in [0.1, 0.15) is 151 Å². The molecule has 0 amide bonds. The Kier molecular flexibility index (Phi) is 61.4. The van der Waals surface area contributed by atoms with Crippen LogP contribution < -0.4 is 0 Å². The first-order valence-corrected chi connectivity index (χ1v) is 11.5. The van der Waals surface area contributed by atoms with Gasteiger partial charge in [-0.3, -0.25) is 0 Å². The minimum Gasteiger partial charge on any atom is -0.103 e. The van der Waals surface area contributed by atoms with Gasteiger partial charge in [0.15, 0.2) is 0 Å². The second-order valence-corrected chi connectivity index (χ2v) is 8.33. The summed E-state index contributed by atoms with van der Waals surface area (Å²) >= 11 is 0. The second-order valence-electron chi connectivity index (χ2n) is 8.33. The van der Waals surface area contributed by atoms with Crippen molar-refractivity contribution in [3.63, 3.8) is 0 Å². The van der Waals surface area contributed by atoms with Crippen LogP contribution in [-0.2, 0) is 0 Å². The SMILES string of the molecule is C.C.C.C.C=C(C)C(C)CC.C=CC(C)(C)CC.CC/C=C(/C)CC.CC/C=C(\C)CC. The Morgan fingerprint density at radius 3 is 1.09 bits per heavy atom. The van der Waals surface area contributed by atoms with Gasteiger partial charge in [-0.2, -0.15) is 0 Å². The van der Waals surface area contributed by atoms with Crippen LogP contribution in [0.5, 0.6) is 0 Å². The van der Waals surface area contributed by atoms with Crippen molar-refractivity contribution in [2.45, 2.75) is 151 Å². The van der Waals surface area contributed by atoms with Crippen LogP contribution in [0, 0.1) is 11.3 Å². The van der Waals surface area contributed by atoms with Gasteiger partial charge >= 0.3 is 0 Å². The van der Waals surface area contributed by atoms with Crippen LogP contribution >= 0.6 is 0 Å². The van der Waals surface area contributed by atoms with Crippen molar-refractivity contribution in [3.05, 3.63) is 48.1 Å². The quantitative estimate of drug-likeness (QED) is 0.318. The van der Waals surface area contributed by atoms with Crippen molar-refractivity contribution in [2.24, 2.45) is 11.3 Å². The molecule has 200 valence electrons. The molecule has 0 aliphatic heterocycles. The molecule has 0 bridgehead atoms. The Labute approximate surface area is 210 Å². The van der Waals surface area contributed by atoms with Gasteiger partial charge in [0.05, 0.1) is 0 Å². The summed E-state index contributed by atoms with van der Waals surface area (Å²) in [6.45, 7) is 33.5. The molecule has 0 spiro atoms. The Balaban J connectivity index is -0.0000000384. The highest BCUT2D eigenvalue weighted by Gasteiger charge is 2.06. The minimum atomic E-state index is 0. The minimum absolute atomic E-state index is 0. The third-order valence-electron chi connectivity index (χ3n) is 5.14. The van der Waals surface area contributed by atoms with Gasteiger partial charge in [-0.1, -0.05) is 134 Å². The van der Waals surface area contributed by atoms with Crippen molar-refractivity contribution < 1.29 is 0 Å². The largest absolute Gasteiger partial charge is 0.103 e. The molecular formula is C32H72.